The van der Waals surface area contributed by atoms with Gasteiger partial charge in [0, 0.05) is 6.42 Å². The number of aliphatic hydroxyl groups excluding tert-OH is 3. The smallest absolute Gasteiger partial charge is 0.161 e. The van der Waals surface area contributed by atoms with Crippen LogP contribution >= 0.6 is 0 Å². The fourth-order valence-electron chi connectivity index (χ4n) is 2.42. The first-order valence-electron chi connectivity index (χ1n) is 6.48. The van der Waals surface area contributed by atoms with E-state index in [1.807, 2.05) is 6.92 Å². The van der Waals surface area contributed by atoms with Gasteiger partial charge in [0.05, 0.1) is 12.2 Å². The lowest BCUT2D eigenvalue weighted by atomic mass is 9.88. The number of Topliss-reactive ketones (excluding diaryl/α,β-unsaturated/α-hetero) is 1. The SMILES string of the molecule is CC1CC(O)CCCC(=O)C(O)C(C)CC1O. The van der Waals surface area contributed by atoms with Crippen molar-refractivity contribution in [2.45, 2.75) is 64.3 Å². The van der Waals surface area contributed by atoms with E-state index in [1.54, 1.807) is 6.92 Å². The molecule has 0 aliphatic heterocycles. The molecular weight excluding hydrogens is 220 g/mol. The summed E-state index contributed by atoms with van der Waals surface area (Å²) in [7, 11) is 0. The van der Waals surface area contributed by atoms with Gasteiger partial charge in [-0.2, -0.15) is 0 Å². The summed E-state index contributed by atoms with van der Waals surface area (Å²) in [6, 6.07) is 0. The summed E-state index contributed by atoms with van der Waals surface area (Å²) in [5.74, 6) is -0.408. The summed E-state index contributed by atoms with van der Waals surface area (Å²) in [5, 5.41) is 29.5. The number of aliphatic hydroxyl groups is 3. The number of hydrogen-bond acceptors (Lipinski definition) is 4. The third kappa shape index (κ3) is 4.37. The van der Waals surface area contributed by atoms with Gasteiger partial charge in [0.15, 0.2) is 5.78 Å². The molecule has 4 heteroatoms. The van der Waals surface area contributed by atoms with E-state index in [0.717, 1.165) is 0 Å². The highest BCUT2D eigenvalue weighted by Crippen LogP contribution is 2.24. The molecule has 5 atom stereocenters. The van der Waals surface area contributed by atoms with Crippen LogP contribution in [0.2, 0.25) is 0 Å². The molecule has 100 valence electrons. The van der Waals surface area contributed by atoms with Crippen LogP contribution in [0, 0.1) is 11.8 Å². The summed E-state index contributed by atoms with van der Waals surface area (Å²) in [6.07, 6.45) is 0.424. The Hall–Kier alpha value is -0.450. The van der Waals surface area contributed by atoms with E-state index in [2.05, 4.69) is 0 Å². The molecule has 0 saturated heterocycles. The number of carbonyl (C=O) groups excluding carboxylic acids is 1. The molecule has 0 amide bonds. The zero-order valence-electron chi connectivity index (χ0n) is 10.7. The lowest BCUT2D eigenvalue weighted by Gasteiger charge is -2.24. The van der Waals surface area contributed by atoms with E-state index >= 15 is 0 Å². The van der Waals surface area contributed by atoms with Gasteiger partial charge in [-0.1, -0.05) is 13.8 Å². The summed E-state index contributed by atoms with van der Waals surface area (Å²) >= 11 is 0. The molecule has 0 radical (unpaired) electrons. The molecule has 1 rings (SSSR count). The third-order valence-electron chi connectivity index (χ3n) is 3.74. The van der Waals surface area contributed by atoms with E-state index in [4.69, 9.17) is 0 Å². The van der Waals surface area contributed by atoms with Crippen LogP contribution in [0.1, 0.15) is 46.0 Å². The van der Waals surface area contributed by atoms with Crippen molar-refractivity contribution >= 4 is 5.78 Å². The Morgan fingerprint density at radius 1 is 1.06 bits per heavy atom. The molecule has 17 heavy (non-hydrogen) atoms. The van der Waals surface area contributed by atoms with Crippen LogP contribution in [0.15, 0.2) is 0 Å². The van der Waals surface area contributed by atoms with Gasteiger partial charge in [-0.05, 0) is 37.5 Å². The number of rotatable bonds is 0. The van der Waals surface area contributed by atoms with Gasteiger partial charge in [0.25, 0.3) is 0 Å². The van der Waals surface area contributed by atoms with Gasteiger partial charge < -0.3 is 15.3 Å². The molecular formula is C13H24O4. The van der Waals surface area contributed by atoms with Gasteiger partial charge in [-0.25, -0.2) is 0 Å². The van der Waals surface area contributed by atoms with E-state index in [0.29, 0.717) is 32.1 Å². The Morgan fingerprint density at radius 2 is 1.71 bits per heavy atom. The highest BCUT2D eigenvalue weighted by atomic mass is 16.3. The summed E-state index contributed by atoms with van der Waals surface area (Å²) < 4.78 is 0. The standard InChI is InChI=1S/C13H24O4/c1-8-6-10(14)4-3-5-11(15)13(17)9(2)7-12(8)16/h8-10,12-14,16-17H,3-7H2,1-2H3. The molecule has 0 aromatic heterocycles. The van der Waals surface area contributed by atoms with Crippen LogP contribution in [0.5, 0.6) is 0 Å². The van der Waals surface area contributed by atoms with E-state index in [1.165, 1.54) is 0 Å². The van der Waals surface area contributed by atoms with Crippen molar-refractivity contribution in [3.05, 3.63) is 0 Å². The fraction of sp³-hybridized carbons (Fsp3) is 0.923. The number of ketones is 1. The van der Waals surface area contributed by atoms with E-state index in [-0.39, 0.29) is 17.6 Å². The zero-order valence-corrected chi connectivity index (χ0v) is 10.7. The molecule has 1 saturated carbocycles. The molecule has 1 aliphatic rings. The molecule has 0 heterocycles. The molecule has 1 fully saturated rings. The predicted molar refractivity (Wildman–Crippen MR) is 64.4 cm³/mol. The Bertz CT molecular complexity index is 254. The minimum Gasteiger partial charge on any atom is -0.393 e. The van der Waals surface area contributed by atoms with Crippen molar-refractivity contribution in [1.82, 2.24) is 0 Å². The molecule has 5 unspecified atom stereocenters. The second kappa shape index (κ2) is 6.47. The largest absolute Gasteiger partial charge is 0.393 e. The summed E-state index contributed by atoms with van der Waals surface area (Å²) in [6.45, 7) is 3.68. The monoisotopic (exact) mass is 244 g/mol. The van der Waals surface area contributed by atoms with Gasteiger partial charge in [-0.15, -0.1) is 0 Å². The second-order valence-corrected chi connectivity index (χ2v) is 5.45. The van der Waals surface area contributed by atoms with Crippen molar-refractivity contribution in [3.8, 4) is 0 Å². The van der Waals surface area contributed by atoms with Crippen LogP contribution in [0.3, 0.4) is 0 Å². The molecule has 0 aromatic rings. The average molecular weight is 244 g/mol. The summed E-state index contributed by atoms with van der Waals surface area (Å²) in [4.78, 5) is 11.6. The Balaban J connectivity index is 2.70. The molecule has 0 aromatic carbocycles. The van der Waals surface area contributed by atoms with Gasteiger partial charge in [0.2, 0.25) is 0 Å². The lowest BCUT2D eigenvalue weighted by Crippen LogP contribution is -2.32. The first-order valence-corrected chi connectivity index (χ1v) is 6.48. The average Bonchev–Trinajstić information content (AvgIpc) is 2.27. The van der Waals surface area contributed by atoms with Crippen molar-refractivity contribution in [1.29, 1.82) is 0 Å². The van der Waals surface area contributed by atoms with Crippen LogP contribution in [0.4, 0.5) is 0 Å². The van der Waals surface area contributed by atoms with Crippen molar-refractivity contribution in [3.63, 3.8) is 0 Å². The first-order chi connectivity index (χ1) is 7.91. The summed E-state index contributed by atoms with van der Waals surface area (Å²) in [5.41, 5.74) is 0. The van der Waals surface area contributed by atoms with Gasteiger partial charge in [0.1, 0.15) is 6.10 Å². The minimum atomic E-state index is -0.980. The maximum atomic E-state index is 11.6. The van der Waals surface area contributed by atoms with Crippen LogP contribution in [-0.2, 0) is 4.79 Å². The topological polar surface area (TPSA) is 77.8 Å². The maximum absolute atomic E-state index is 11.6. The first kappa shape index (κ1) is 14.6. The zero-order chi connectivity index (χ0) is 13.0. The third-order valence-corrected chi connectivity index (χ3v) is 3.74. The van der Waals surface area contributed by atoms with Crippen LogP contribution < -0.4 is 0 Å². The number of carbonyl (C=O) groups is 1. The fourth-order valence-corrected chi connectivity index (χ4v) is 2.42. The molecule has 0 spiro atoms. The van der Waals surface area contributed by atoms with Crippen LogP contribution in [-0.4, -0.2) is 39.4 Å². The highest BCUT2D eigenvalue weighted by Gasteiger charge is 2.28. The quantitative estimate of drug-likeness (QED) is 0.591. The van der Waals surface area contributed by atoms with Gasteiger partial charge >= 0.3 is 0 Å². The Morgan fingerprint density at radius 3 is 2.35 bits per heavy atom. The van der Waals surface area contributed by atoms with Crippen LogP contribution in [0.25, 0.3) is 0 Å². The highest BCUT2D eigenvalue weighted by molar-refractivity contribution is 5.83. The van der Waals surface area contributed by atoms with Gasteiger partial charge in [-0.3, -0.25) is 4.79 Å². The van der Waals surface area contributed by atoms with Crippen molar-refractivity contribution < 1.29 is 20.1 Å². The second-order valence-electron chi connectivity index (χ2n) is 5.45. The molecule has 1 aliphatic carbocycles. The predicted octanol–water partition coefficient (Wildman–Crippen LogP) is 0.874. The Kier molecular flexibility index (Phi) is 5.56. The van der Waals surface area contributed by atoms with Crippen molar-refractivity contribution in [2.75, 3.05) is 0 Å². The van der Waals surface area contributed by atoms with E-state index in [9.17, 15) is 20.1 Å². The van der Waals surface area contributed by atoms with E-state index < -0.39 is 18.3 Å². The Labute approximate surface area is 103 Å². The number of hydrogen-bond donors (Lipinski definition) is 3. The minimum absolute atomic E-state index is 0.00662. The normalized spacial score (nSPS) is 41.9. The molecule has 4 nitrogen and oxygen atoms in total. The van der Waals surface area contributed by atoms with Crippen molar-refractivity contribution in [2.24, 2.45) is 11.8 Å². The molecule has 3 N–H and O–H groups in total. The molecule has 0 bridgehead atoms. The maximum Gasteiger partial charge on any atom is 0.161 e. The lowest BCUT2D eigenvalue weighted by molar-refractivity contribution is -0.130.